The maximum atomic E-state index is 12.5. The van der Waals surface area contributed by atoms with Gasteiger partial charge in [0, 0.05) is 5.56 Å². The second-order valence-corrected chi connectivity index (χ2v) is 4.14. The highest BCUT2D eigenvalue weighted by atomic mass is 35.5. The third kappa shape index (κ3) is 4.08. The van der Waals surface area contributed by atoms with Crippen LogP contribution in [0.3, 0.4) is 0 Å². The van der Waals surface area contributed by atoms with Crippen molar-refractivity contribution in [2.75, 3.05) is 0 Å². The van der Waals surface area contributed by atoms with E-state index in [0.717, 1.165) is 17.7 Å². The highest BCUT2D eigenvalue weighted by Gasteiger charge is 2.05. The van der Waals surface area contributed by atoms with Crippen LogP contribution in [0, 0.1) is 31.3 Å². The minimum atomic E-state index is -0.583. The first kappa shape index (κ1) is 14.6. The normalized spacial score (nSPS) is 9.67. The molecule has 0 aliphatic carbocycles. The van der Waals surface area contributed by atoms with E-state index in [-0.39, 0.29) is 16.4 Å². The lowest BCUT2D eigenvalue weighted by atomic mass is 10.2. The zero-order valence-corrected chi connectivity index (χ0v) is 10.7. The molecule has 0 unspecified atom stereocenters. The topological polar surface area (TPSA) is 0 Å². The van der Waals surface area contributed by atoms with Gasteiger partial charge in [-0.15, -0.1) is 0 Å². The predicted octanol–water partition coefficient (Wildman–Crippen LogP) is 5.06. The first-order chi connectivity index (χ1) is 8.41. The summed E-state index contributed by atoms with van der Waals surface area (Å²) < 4.78 is 37.1. The molecule has 0 bridgehead atoms. The van der Waals surface area contributed by atoms with Crippen LogP contribution in [0.4, 0.5) is 13.2 Å². The average Bonchev–Trinajstić information content (AvgIpc) is 2.36. The predicted molar refractivity (Wildman–Crippen MR) is 67.2 cm³/mol. The van der Waals surface area contributed by atoms with Crippen LogP contribution in [0.1, 0.15) is 11.1 Å². The third-order valence-electron chi connectivity index (χ3n) is 2.28. The summed E-state index contributed by atoms with van der Waals surface area (Å²) >= 11 is 5.37. The summed E-state index contributed by atoms with van der Waals surface area (Å²) in [4.78, 5) is 0. The molecular weight excluding hydrogens is 261 g/mol. The summed E-state index contributed by atoms with van der Waals surface area (Å²) in [7, 11) is 0. The van der Waals surface area contributed by atoms with Crippen molar-refractivity contribution < 1.29 is 13.2 Å². The zero-order valence-electron chi connectivity index (χ0n) is 9.98. The molecule has 0 saturated carbocycles. The van der Waals surface area contributed by atoms with Crippen molar-refractivity contribution in [1.82, 2.24) is 0 Å². The molecule has 0 aliphatic rings. The molecule has 0 N–H and O–H groups in total. The minimum absolute atomic E-state index is 0.139. The van der Waals surface area contributed by atoms with E-state index in [2.05, 4.69) is 0 Å². The van der Waals surface area contributed by atoms with Crippen LogP contribution in [-0.2, 0) is 0 Å². The maximum Gasteiger partial charge on any atom is 0.142 e. The van der Waals surface area contributed by atoms with Crippen LogP contribution in [0.5, 0.6) is 0 Å². The zero-order chi connectivity index (χ0) is 13.7. The molecule has 0 radical (unpaired) electrons. The Bertz CT molecular complexity index is 473. The van der Waals surface area contributed by atoms with Crippen LogP contribution < -0.4 is 0 Å². The van der Waals surface area contributed by atoms with E-state index in [1.54, 1.807) is 12.1 Å². The number of hydrogen-bond donors (Lipinski definition) is 0. The largest absolute Gasteiger partial charge is 0.207 e. The van der Waals surface area contributed by atoms with Gasteiger partial charge in [-0.2, -0.15) is 0 Å². The van der Waals surface area contributed by atoms with Crippen molar-refractivity contribution in [2.24, 2.45) is 0 Å². The maximum absolute atomic E-state index is 12.5. The van der Waals surface area contributed by atoms with Gasteiger partial charge in [-0.05, 0) is 38.1 Å². The van der Waals surface area contributed by atoms with Crippen LogP contribution in [-0.4, -0.2) is 0 Å². The Morgan fingerprint density at radius 1 is 0.778 bits per heavy atom. The van der Waals surface area contributed by atoms with Gasteiger partial charge in [0.25, 0.3) is 0 Å². The lowest BCUT2D eigenvalue weighted by molar-refractivity contribution is 0.593. The number of benzene rings is 2. The number of halogens is 4. The van der Waals surface area contributed by atoms with Gasteiger partial charge in [-0.1, -0.05) is 29.3 Å². The van der Waals surface area contributed by atoms with E-state index in [0.29, 0.717) is 0 Å². The number of rotatable bonds is 0. The molecule has 96 valence electrons. The van der Waals surface area contributed by atoms with E-state index in [4.69, 9.17) is 11.6 Å². The smallest absolute Gasteiger partial charge is 0.142 e. The molecule has 0 fully saturated rings. The van der Waals surface area contributed by atoms with Crippen molar-refractivity contribution in [3.05, 3.63) is 70.0 Å². The summed E-state index contributed by atoms with van der Waals surface area (Å²) in [6, 6.07) is 8.45. The molecule has 0 heterocycles. The molecule has 0 nitrogen and oxygen atoms in total. The van der Waals surface area contributed by atoms with E-state index in [1.165, 1.54) is 19.1 Å². The van der Waals surface area contributed by atoms with Gasteiger partial charge in [0.05, 0.1) is 5.02 Å². The van der Waals surface area contributed by atoms with Crippen LogP contribution in [0.25, 0.3) is 0 Å². The highest BCUT2D eigenvalue weighted by Crippen LogP contribution is 2.20. The van der Waals surface area contributed by atoms with Gasteiger partial charge < -0.3 is 0 Å². The Balaban J connectivity index is 0.000000184. The fourth-order valence-electron chi connectivity index (χ4n) is 1.16. The fourth-order valence-corrected chi connectivity index (χ4v) is 1.31. The second-order valence-electron chi connectivity index (χ2n) is 3.76. The summed E-state index contributed by atoms with van der Waals surface area (Å²) in [6.45, 7) is 3.36. The Hall–Kier alpha value is -1.48. The minimum Gasteiger partial charge on any atom is -0.207 e. The lowest BCUT2D eigenvalue weighted by Gasteiger charge is -1.98. The molecule has 18 heavy (non-hydrogen) atoms. The van der Waals surface area contributed by atoms with E-state index >= 15 is 0 Å². The molecular formula is C14H12ClF3. The molecule has 0 saturated heterocycles. The van der Waals surface area contributed by atoms with Crippen molar-refractivity contribution >= 4 is 11.6 Å². The quantitative estimate of drug-likeness (QED) is 0.588. The van der Waals surface area contributed by atoms with Crippen molar-refractivity contribution in [3.8, 4) is 0 Å². The van der Waals surface area contributed by atoms with Crippen molar-refractivity contribution in [1.29, 1.82) is 0 Å². The Labute approximate surface area is 109 Å². The summed E-state index contributed by atoms with van der Waals surface area (Å²) in [5.74, 6) is -1.23. The Morgan fingerprint density at radius 3 is 1.72 bits per heavy atom. The summed E-state index contributed by atoms with van der Waals surface area (Å²) in [5, 5.41) is -0.139. The van der Waals surface area contributed by atoms with Gasteiger partial charge in [0.1, 0.15) is 17.5 Å². The Kier molecular flexibility index (Phi) is 5.23. The van der Waals surface area contributed by atoms with Crippen molar-refractivity contribution in [3.63, 3.8) is 0 Å². The molecule has 0 aliphatic heterocycles. The van der Waals surface area contributed by atoms with Gasteiger partial charge in [0.2, 0.25) is 0 Å². The van der Waals surface area contributed by atoms with Gasteiger partial charge in [-0.3, -0.25) is 0 Å². The SMILES string of the molecule is Cc1c(F)ccc(F)c1Cl.Cc1ccc(F)cc1. The fraction of sp³-hybridized carbons (Fsp3) is 0.143. The number of hydrogen-bond acceptors (Lipinski definition) is 0. The average molecular weight is 273 g/mol. The highest BCUT2D eigenvalue weighted by molar-refractivity contribution is 6.31. The van der Waals surface area contributed by atoms with E-state index in [9.17, 15) is 13.2 Å². The standard InChI is InChI=1S/C7H5ClF2.C7H7F/c1-4-5(9)2-3-6(10)7(4)8;1-6-2-4-7(8)5-3-6/h2-3H,1H3;2-5H,1H3. The Morgan fingerprint density at radius 2 is 1.28 bits per heavy atom. The molecule has 0 atom stereocenters. The monoisotopic (exact) mass is 272 g/mol. The molecule has 2 aromatic carbocycles. The van der Waals surface area contributed by atoms with Gasteiger partial charge >= 0.3 is 0 Å². The molecule has 0 amide bonds. The van der Waals surface area contributed by atoms with E-state index in [1.807, 2.05) is 6.92 Å². The molecule has 2 rings (SSSR count). The van der Waals surface area contributed by atoms with Crippen LogP contribution in [0.15, 0.2) is 36.4 Å². The van der Waals surface area contributed by atoms with Crippen LogP contribution in [0.2, 0.25) is 5.02 Å². The first-order valence-corrected chi connectivity index (χ1v) is 5.62. The summed E-state index contributed by atoms with van der Waals surface area (Å²) in [5.41, 5.74) is 1.24. The molecule has 4 heteroatoms. The first-order valence-electron chi connectivity index (χ1n) is 5.24. The van der Waals surface area contributed by atoms with Crippen molar-refractivity contribution in [2.45, 2.75) is 13.8 Å². The molecule has 0 spiro atoms. The molecule has 2 aromatic rings. The third-order valence-corrected chi connectivity index (χ3v) is 2.75. The van der Waals surface area contributed by atoms with E-state index < -0.39 is 11.6 Å². The molecule has 0 aromatic heterocycles. The second kappa shape index (κ2) is 6.45. The lowest BCUT2D eigenvalue weighted by Crippen LogP contribution is -1.86. The number of aryl methyl sites for hydroxylation is 1. The van der Waals surface area contributed by atoms with Crippen LogP contribution >= 0.6 is 11.6 Å². The van der Waals surface area contributed by atoms with Gasteiger partial charge in [-0.25, -0.2) is 13.2 Å². The summed E-state index contributed by atoms with van der Waals surface area (Å²) in [6.07, 6.45) is 0. The van der Waals surface area contributed by atoms with Gasteiger partial charge in [0.15, 0.2) is 0 Å².